The summed E-state index contributed by atoms with van der Waals surface area (Å²) in [4.78, 5) is 7.86. The van der Waals surface area contributed by atoms with E-state index in [4.69, 9.17) is 11.6 Å². The van der Waals surface area contributed by atoms with E-state index >= 15 is 0 Å². The number of aromatic nitrogens is 2. The minimum Gasteiger partial charge on any atom is -0.259 e. The van der Waals surface area contributed by atoms with Crippen molar-refractivity contribution in [1.29, 1.82) is 0 Å². The summed E-state index contributed by atoms with van der Waals surface area (Å²) in [6.45, 7) is 0. The fraction of sp³-hybridized carbons (Fsp3) is 0. The lowest BCUT2D eigenvalue weighted by atomic mass is 10.2. The van der Waals surface area contributed by atoms with Gasteiger partial charge < -0.3 is 0 Å². The van der Waals surface area contributed by atoms with Crippen LogP contribution in [0.1, 0.15) is 5.56 Å². The molecule has 0 aliphatic carbocycles. The van der Waals surface area contributed by atoms with Crippen molar-refractivity contribution in [3.8, 4) is 0 Å². The molecule has 0 amide bonds. The fourth-order valence-corrected chi connectivity index (χ4v) is 1.25. The predicted molar refractivity (Wildman–Crippen MR) is 64.7 cm³/mol. The third-order valence-electron chi connectivity index (χ3n) is 1.84. The molecule has 2 aromatic rings. The maximum absolute atomic E-state index is 5.80. The molecule has 1 heterocycles. The molecule has 0 fully saturated rings. The largest absolute Gasteiger partial charge is 0.259 e. The van der Waals surface area contributed by atoms with Gasteiger partial charge >= 0.3 is 0 Å². The highest BCUT2D eigenvalue weighted by atomic mass is 35.5. The summed E-state index contributed by atoms with van der Waals surface area (Å²) in [5.74, 6) is 0.441. The van der Waals surface area contributed by atoms with Crippen LogP contribution in [0.4, 0.5) is 5.82 Å². The van der Waals surface area contributed by atoms with Gasteiger partial charge in [0.05, 0.1) is 6.21 Å². The number of rotatable bonds is 3. The molecule has 0 saturated carbocycles. The van der Waals surface area contributed by atoms with E-state index in [2.05, 4.69) is 20.5 Å². The topological polar surface area (TPSA) is 50.2 Å². The monoisotopic (exact) mass is 232 g/mol. The Kier molecular flexibility index (Phi) is 3.46. The number of hydrazone groups is 1. The molecule has 2 rings (SSSR count). The van der Waals surface area contributed by atoms with Crippen LogP contribution in [0.5, 0.6) is 0 Å². The van der Waals surface area contributed by atoms with Gasteiger partial charge in [-0.3, -0.25) is 5.43 Å². The van der Waals surface area contributed by atoms with E-state index in [1.54, 1.807) is 12.4 Å². The summed E-state index contributed by atoms with van der Waals surface area (Å²) in [7, 11) is 0. The average molecular weight is 233 g/mol. The molecule has 0 bridgehead atoms. The molecule has 0 saturated heterocycles. The van der Waals surface area contributed by atoms with Crippen LogP contribution >= 0.6 is 11.6 Å². The highest BCUT2D eigenvalue weighted by Gasteiger charge is 1.98. The molecule has 80 valence electrons. The zero-order valence-electron chi connectivity index (χ0n) is 8.34. The van der Waals surface area contributed by atoms with Gasteiger partial charge in [0.15, 0.2) is 11.0 Å². The number of hydrogen-bond acceptors (Lipinski definition) is 4. The molecule has 1 aromatic heterocycles. The lowest BCUT2D eigenvalue weighted by Gasteiger charge is -1.99. The van der Waals surface area contributed by atoms with Gasteiger partial charge in [0.25, 0.3) is 0 Å². The van der Waals surface area contributed by atoms with Gasteiger partial charge in [-0.2, -0.15) is 5.10 Å². The Morgan fingerprint density at radius 1 is 1.12 bits per heavy atom. The van der Waals surface area contributed by atoms with Crippen LogP contribution in [0.3, 0.4) is 0 Å². The van der Waals surface area contributed by atoms with Crippen LogP contribution in [0.2, 0.25) is 5.15 Å². The van der Waals surface area contributed by atoms with Crippen molar-refractivity contribution in [3.63, 3.8) is 0 Å². The van der Waals surface area contributed by atoms with Crippen molar-refractivity contribution >= 4 is 23.6 Å². The molecule has 0 unspecified atom stereocenters. The molecule has 0 spiro atoms. The van der Waals surface area contributed by atoms with Gasteiger partial charge in [-0.1, -0.05) is 41.9 Å². The third-order valence-corrected chi connectivity index (χ3v) is 2.11. The van der Waals surface area contributed by atoms with Crippen LogP contribution in [0.25, 0.3) is 0 Å². The minimum absolute atomic E-state index is 0.299. The Balaban J connectivity index is 2.03. The molecule has 16 heavy (non-hydrogen) atoms. The van der Waals surface area contributed by atoms with Crippen molar-refractivity contribution in [3.05, 3.63) is 53.4 Å². The number of halogens is 1. The normalized spacial score (nSPS) is 10.6. The van der Waals surface area contributed by atoms with Crippen molar-refractivity contribution < 1.29 is 0 Å². The highest BCUT2D eigenvalue weighted by Crippen LogP contribution is 2.13. The van der Waals surface area contributed by atoms with E-state index in [-0.39, 0.29) is 0 Å². The first kappa shape index (κ1) is 10.6. The van der Waals surface area contributed by atoms with E-state index in [1.807, 2.05) is 30.3 Å². The molecular formula is C11H9ClN4. The van der Waals surface area contributed by atoms with E-state index in [1.165, 1.54) is 6.20 Å². The molecule has 0 atom stereocenters. The Morgan fingerprint density at radius 3 is 2.62 bits per heavy atom. The van der Waals surface area contributed by atoms with E-state index in [0.717, 1.165) is 5.56 Å². The van der Waals surface area contributed by atoms with Crippen LogP contribution < -0.4 is 5.43 Å². The first-order valence-corrected chi connectivity index (χ1v) is 5.05. The van der Waals surface area contributed by atoms with Gasteiger partial charge in [0, 0.05) is 12.4 Å². The number of benzene rings is 1. The van der Waals surface area contributed by atoms with Crippen molar-refractivity contribution in [2.75, 3.05) is 5.43 Å². The molecule has 1 N–H and O–H groups in total. The number of nitrogens with zero attached hydrogens (tertiary/aromatic N) is 3. The number of nitrogens with one attached hydrogen (secondary N) is 1. The molecule has 4 nitrogen and oxygen atoms in total. The second-order valence-corrected chi connectivity index (χ2v) is 3.33. The zero-order valence-corrected chi connectivity index (χ0v) is 9.09. The summed E-state index contributed by atoms with van der Waals surface area (Å²) in [5, 5.41) is 4.31. The molecule has 0 aliphatic heterocycles. The van der Waals surface area contributed by atoms with Gasteiger partial charge in [-0.15, -0.1) is 0 Å². The summed E-state index contributed by atoms with van der Waals surface area (Å²) < 4.78 is 0. The summed E-state index contributed by atoms with van der Waals surface area (Å²) in [6, 6.07) is 9.73. The minimum atomic E-state index is 0.299. The van der Waals surface area contributed by atoms with E-state index in [0.29, 0.717) is 11.0 Å². The molecule has 0 radical (unpaired) electrons. The third kappa shape index (κ3) is 2.77. The summed E-state index contributed by atoms with van der Waals surface area (Å²) >= 11 is 5.80. The van der Waals surface area contributed by atoms with Crippen molar-refractivity contribution in [2.24, 2.45) is 5.10 Å². The van der Waals surface area contributed by atoms with Gasteiger partial charge in [-0.25, -0.2) is 9.97 Å². The Hall–Kier alpha value is -1.94. The lowest BCUT2D eigenvalue weighted by molar-refractivity contribution is 1.16. The standard InChI is InChI=1S/C11H9ClN4/c12-10-11(14-7-6-13-10)16-15-8-9-4-2-1-3-5-9/h1-8H,(H,14,16). The SMILES string of the molecule is Clc1nccnc1NN=Cc1ccccc1. The molecule has 1 aromatic carbocycles. The van der Waals surface area contributed by atoms with Crippen LogP contribution in [0, 0.1) is 0 Å². The second kappa shape index (κ2) is 5.23. The highest BCUT2D eigenvalue weighted by molar-refractivity contribution is 6.31. The summed E-state index contributed by atoms with van der Waals surface area (Å²) in [6.07, 6.45) is 4.76. The van der Waals surface area contributed by atoms with Gasteiger partial charge in [0.2, 0.25) is 0 Å². The maximum Gasteiger partial charge on any atom is 0.184 e. The first-order chi connectivity index (χ1) is 7.86. The molecule has 5 heteroatoms. The lowest BCUT2D eigenvalue weighted by Crippen LogP contribution is -1.95. The van der Waals surface area contributed by atoms with Gasteiger partial charge in [0.1, 0.15) is 0 Å². The quantitative estimate of drug-likeness (QED) is 0.654. The smallest absolute Gasteiger partial charge is 0.184 e. The van der Waals surface area contributed by atoms with Crippen LogP contribution in [0.15, 0.2) is 47.8 Å². The Labute approximate surface area is 98.0 Å². The van der Waals surface area contributed by atoms with E-state index in [9.17, 15) is 0 Å². The first-order valence-electron chi connectivity index (χ1n) is 4.67. The zero-order chi connectivity index (χ0) is 11.2. The van der Waals surface area contributed by atoms with Crippen LogP contribution in [-0.4, -0.2) is 16.2 Å². The predicted octanol–water partition coefficient (Wildman–Crippen LogP) is 2.58. The number of hydrogen-bond donors (Lipinski definition) is 1. The summed E-state index contributed by atoms with van der Waals surface area (Å²) in [5.41, 5.74) is 3.72. The second-order valence-electron chi connectivity index (χ2n) is 2.98. The Bertz CT molecular complexity index is 484. The molecule has 0 aliphatic rings. The van der Waals surface area contributed by atoms with Crippen molar-refractivity contribution in [1.82, 2.24) is 9.97 Å². The Morgan fingerprint density at radius 2 is 1.88 bits per heavy atom. The van der Waals surface area contributed by atoms with Crippen LogP contribution in [-0.2, 0) is 0 Å². The van der Waals surface area contributed by atoms with E-state index < -0.39 is 0 Å². The number of anilines is 1. The van der Waals surface area contributed by atoms with Gasteiger partial charge in [-0.05, 0) is 5.56 Å². The van der Waals surface area contributed by atoms with Crippen molar-refractivity contribution in [2.45, 2.75) is 0 Å². The fourth-order valence-electron chi connectivity index (χ4n) is 1.10. The molecular weight excluding hydrogens is 224 g/mol. The maximum atomic E-state index is 5.80. The average Bonchev–Trinajstić information content (AvgIpc) is 2.33.